The molecule has 1 aromatic rings. The van der Waals surface area contributed by atoms with Gasteiger partial charge in [0.25, 0.3) is 0 Å². The lowest BCUT2D eigenvalue weighted by Crippen LogP contribution is -2.44. The van der Waals surface area contributed by atoms with Gasteiger partial charge in [-0.05, 0) is 38.3 Å². The van der Waals surface area contributed by atoms with Crippen LogP contribution >= 0.6 is 0 Å². The van der Waals surface area contributed by atoms with E-state index < -0.39 is 0 Å². The first-order valence-electron chi connectivity index (χ1n) is 7.11. The second kappa shape index (κ2) is 5.74. The molecule has 0 spiro atoms. The monoisotopic (exact) mass is 260 g/mol. The van der Waals surface area contributed by atoms with Gasteiger partial charge in [0.2, 0.25) is 5.91 Å². The first-order valence-corrected chi connectivity index (χ1v) is 7.11. The molecule has 0 aromatic heterocycles. The molecule has 0 aliphatic heterocycles. The van der Waals surface area contributed by atoms with E-state index in [1.54, 1.807) is 4.90 Å². The van der Waals surface area contributed by atoms with Crippen LogP contribution in [-0.4, -0.2) is 19.0 Å². The van der Waals surface area contributed by atoms with E-state index in [0.717, 1.165) is 36.9 Å². The van der Waals surface area contributed by atoms with Crippen LogP contribution in [-0.2, 0) is 4.79 Å². The molecule has 1 saturated carbocycles. The summed E-state index contributed by atoms with van der Waals surface area (Å²) in [6.07, 6.45) is 4.16. The molecule has 0 bridgehead atoms. The molecule has 19 heavy (non-hydrogen) atoms. The number of amides is 1. The summed E-state index contributed by atoms with van der Waals surface area (Å²) in [4.78, 5) is 14.4. The van der Waals surface area contributed by atoms with Crippen LogP contribution in [0, 0.1) is 19.8 Å². The summed E-state index contributed by atoms with van der Waals surface area (Å²) in [5, 5.41) is 0. The number of anilines is 1. The lowest BCUT2D eigenvalue weighted by molar-refractivity contribution is -0.123. The van der Waals surface area contributed by atoms with Crippen LogP contribution in [0.3, 0.4) is 0 Å². The maximum Gasteiger partial charge on any atom is 0.231 e. The van der Waals surface area contributed by atoms with Crippen LogP contribution in [0.1, 0.15) is 36.8 Å². The number of aryl methyl sites for hydroxylation is 2. The van der Waals surface area contributed by atoms with Gasteiger partial charge in [0.1, 0.15) is 0 Å². The maximum atomic E-state index is 12.6. The summed E-state index contributed by atoms with van der Waals surface area (Å²) in [7, 11) is 1.86. The zero-order valence-electron chi connectivity index (χ0n) is 12.1. The number of hydrogen-bond acceptors (Lipinski definition) is 2. The number of benzene rings is 1. The molecule has 1 amide bonds. The summed E-state index contributed by atoms with van der Waals surface area (Å²) in [6, 6.07) is 6.21. The molecule has 2 unspecified atom stereocenters. The van der Waals surface area contributed by atoms with Crippen LogP contribution in [0.5, 0.6) is 0 Å². The quantitative estimate of drug-likeness (QED) is 0.888. The predicted octanol–water partition coefficient (Wildman–Crippen LogP) is 2.78. The van der Waals surface area contributed by atoms with Gasteiger partial charge in [0, 0.05) is 18.8 Å². The maximum absolute atomic E-state index is 12.6. The molecule has 0 saturated heterocycles. The Morgan fingerprint density at radius 2 is 1.95 bits per heavy atom. The van der Waals surface area contributed by atoms with Gasteiger partial charge in [0.15, 0.2) is 0 Å². The lowest BCUT2D eigenvalue weighted by Gasteiger charge is -2.31. The highest BCUT2D eigenvalue weighted by Gasteiger charge is 2.31. The van der Waals surface area contributed by atoms with Crippen molar-refractivity contribution in [2.24, 2.45) is 11.7 Å². The Labute approximate surface area is 115 Å². The number of carbonyl (C=O) groups excluding carboxylic acids is 1. The lowest BCUT2D eigenvalue weighted by atomic mass is 9.84. The van der Waals surface area contributed by atoms with Crippen LogP contribution in [0.15, 0.2) is 18.2 Å². The smallest absolute Gasteiger partial charge is 0.231 e. The summed E-state index contributed by atoms with van der Waals surface area (Å²) in [5.74, 6) is 0.151. The van der Waals surface area contributed by atoms with Crippen LogP contribution in [0.2, 0.25) is 0 Å². The molecule has 0 radical (unpaired) electrons. The number of nitrogens with zero attached hydrogens (tertiary/aromatic N) is 1. The fourth-order valence-corrected chi connectivity index (χ4v) is 3.02. The van der Waals surface area contributed by atoms with Gasteiger partial charge in [-0.1, -0.05) is 30.5 Å². The zero-order chi connectivity index (χ0) is 14.0. The average Bonchev–Trinajstić information content (AvgIpc) is 2.38. The van der Waals surface area contributed by atoms with Gasteiger partial charge in [-0.2, -0.15) is 0 Å². The number of rotatable bonds is 2. The molecule has 0 heterocycles. The van der Waals surface area contributed by atoms with Crippen molar-refractivity contribution < 1.29 is 4.79 Å². The van der Waals surface area contributed by atoms with Crippen molar-refractivity contribution in [2.45, 2.75) is 45.6 Å². The zero-order valence-corrected chi connectivity index (χ0v) is 12.1. The Balaban J connectivity index is 2.18. The molecule has 2 N–H and O–H groups in total. The number of carbonyl (C=O) groups is 1. The van der Waals surface area contributed by atoms with E-state index in [1.165, 1.54) is 5.56 Å². The SMILES string of the molecule is Cc1ccc(N(C)C(=O)C2CCCCC2N)c(C)c1. The van der Waals surface area contributed by atoms with Gasteiger partial charge in [0.05, 0.1) is 5.92 Å². The molecule has 1 aliphatic carbocycles. The average molecular weight is 260 g/mol. The van der Waals surface area contributed by atoms with Crippen molar-refractivity contribution in [3.05, 3.63) is 29.3 Å². The molecule has 3 nitrogen and oxygen atoms in total. The van der Waals surface area contributed by atoms with E-state index in [9.17, 15) is 4.79 Å². The van der Waals surface area contributed by atoms with E-state index >= 15 is 0 Å². The van der Waals surface area contributed by atoms with E-state index in [1.807, 2.05) is 26.1 Å². The summed E-state index contributed by atoms with van der Waals surface area (Å²) >= 11 is 0. The Bertz CT molecular complexity index is 470. The molecule has 104 valence electrons. The molecule has 3 heteroatoms. The Morgan fingerprint density at radius 3 is 2.58 bits per heavy atom. The minimum Gasteiger partial charge on any atom is -0.327 e. The highest BCUT2D eigenvalue weighted by molar-refractivity contribution is 5.95. The molecule has 1 aromatic carbocycles. The van der Waals surface area contributed by atoms with Crippen molar-refractivity contribution in [1.82, 2.24) is 0 Å². The van der Waals surface area contributed by atoms with Crippen molar-refractivity contribution in [2.75, 3.05) is 11.9 Å². The Morgan fingerprint density at radius 1 is 1.26 bits per heavy atom. The van der Waals surface area contributed by atoms with E-state index in [2.05, 4.69) is 13.0 Å². The summed E-state index contributed by atoms with van der Waals surface area (Å²) < 4.78 is 0. The third-order valence-corrected chi connectivity index (χ3v) is 4.18. The molecule has 2 rings (SSSR count). The normalized spacial score (nSPS) is 23.2. The third-order valence-electron chi connectivity index (χ3n) is 4.18. The molecule has 2 atom stereocenters. The highest BCUT2D eigenvalue weighted by Crippen LogP contribution is 2.28. The second-order valence-electron chi connectivity index (χ2n) is 5.74. The molecular formula is C16H24N2O. The second-order valence-corrected chi connectivity index (χ2v) is 5.74. The first kappa shape index (κ1) is 14.1. The van der Waals surface area contributed by atoms with Crippen LogP contribution < -0.4 is 10.6 Å². The van der Waals surface area contributed by atoms with E-state index in [4.69, 9.17) is 5.73 Å². The molecule has 1 fully saturated rings. The van der Waals surface area contributed by atoms with Gasteiger partial charge in [-0.15, -0.1) is 0 Å². The summed E-state index contributed by atoms with van der Waals surface area (Å²) in [5.41, 5.74) is 9.46. The van der Waals surface area contributed by atoms with Gasteiger partial charge >= 0.3 is 0 Å². The van der Waals surface area contributed by atoms with Crippen molar-refractivity contribution >= 4 is 11.6 Å². The fourth-order valence-electron chi connectivity index (χ4n) is 3.02. The largest absolute Gasteiger partial charge is 0.327 e. The van der Waals surface area contributed by atoms with Crippen LogP contribution in [0.4, 0.5) is 5.69 Å². The topological polar surface area (TPSA) is 46.3 Å². The van der Waals surface area contributed by atoms with Crippen molar-refractivity contribution in [1.29, 1.82) is 0 Å². The standard InChI is InChI=1S/C16H24N2O/c1-11-8-9-15(12(2)10-11)18(3)16(19)13-6-4-5-7-14(13)17/h8-10,13-14H,4-7,17H2,1-3H3. The number of hydrogen-bond donors (Lipinski definition) is 1. The molecular weight excluding hydrogens is 236 g/mol. The predicted molar refractivity (Wildman–Crippen MR) is 79.3 cm³/mol. The Hall–Kier alpha value is -1.35. The van der Waals surface area contributed by atoms with Gasteiger partial charge < -0.3 is 10.6 Å². The van der Waals surface area contributed by atoms with E-state index in [-0.39, 0.29) is 17.9 Å². The van der Waals surface area contributed by atoms with Gasteiger partial charge in [-0.25, -0.2) is 0 Å². The minimum absolute atomic E-state index is 0.0144. The number of nitrogens with two attached hydrogens (primary N) is 1. The summed E-state index contributed by atoms with van der Waals surface area (Å²) in [6.45, 7) is 4.11. The third kappa shape index (κ3) is 2.98. The van der Waals surface area contributed by atoms with Crippen molar-refractivity contribution in [3.63, 3.8) is 0 Å². The van der Waals surface area contributed by atoms with Crippen LogP contribution in [0.25, 0.3) is 0 Å². The molecule has 1 aliphatic rings. The Kier molecular flexibility index (Phi) is 4.25. The van der Waals surface area contributed by atoms with E-state index in [0.29, 0.717) is 0 Å². The van der Waals surface area contributed by atoms with Crippen molar-refractivity contribution in [3.8, 4) is 0 Å². The first-order chi connectivity index (χ1) is 9.00. The van der Waals surface area contributed by atoms with Gasteiger partial charge in [-0.3, -0.25) is 4.79 Å². The fraction of sp³-hybridized carbons (Fsp3) is 0.562. The minimum atomic E-state index is -0.0144. The highest BCUT2D eigenvalue weighted by atomic mass is 16.2.